The highest BCUT2D eigenvalue weighted by atomic mass is 16.6. The van der Waals surface area contributed by atoms with Gasteiger partial charge in [-0.2, -0.15) is 0 Å². The first-order chi connectivity index (χ1) is 14.6. The highest BCUT2D eigenvalue weighted by molar-refractivity contribution is 5.83. The molecule has 1 amide bonds. The van der Waals surface area contributed by atoms with Gasteiger partial charge in [-0.3, -0.25) is 9.69 Å². The number of rotatable bonds is 7. The first kappa shape index (κ1) is 20.6. The van der Waals surface area contributed by atoms with Crippen LogP contribution in [0.15, 0.2) is 60.7 Å². The van der Waals surface area contributed by atoms with E-state index in [9.17, 15) is 9.59 Å². The minimum Gasteiger partial charge on any atom is -0.448 e. The van der Waals surface area contributed by atoms with Gasteiger partial charge in [0.1, 0.15) is 12.4 Å². The van der Waals surface area contributed by atoms with Crippen molar-refractivity contribution >= 4 is 11.9 Å². The number of hydrogen-bond donors (Lipinski definition) is 0. The molecule has 158 valence electrons. The van der Waals surface area contributed by atoms with Gasteiger partial charge in [0.15, 0.2) is 0 Å². The van der Waals surface area contributed by atoms with E-state index in [2.05, 4.69) is 36.1 Å². The van der Waals surface area contributed by atoms with Crippen LogP contribution in [0.2, 0.25) is 0 Å². The van der Waals surface area contributed by atoms with Gasteiger partial charge >= 0.3 is 6.09 Å². The molecule has 2 heterocycles. The molecular formula is C25H30N2O3. The summed E-state index contributed by atoms with van der Waals surface area (Å²) in [6.45, 7) is 4.02. The molecule has 30 heavy (non-hydrogen) atoms. The fourth-order valence-corrected chi connectivity index (χ4v) is 4.64. The van der Waals surface area contributed by atoms with Crippen molar-refractivity contribution in [3.63, 3.8) is 0 Å². The Bertz CT molecular complexity index is 798. The van der Waals surface area contributed by atoms with Crippen molar-refractivity contribution in [1.82, 2.24) is 9.80 Å². The standard InChI is InChI=1S/C25H30N2O3/c1-19(18-30-25(29)27-22-12-13-23(27)15-24(28)14-22)26(16-20-8-4-2-5-9-20)17-21-10-6-3-7-11-21/h2-11,19,22-23H,12-18H2,1H3/t19?,22-,23?/m0/s1. The van der Waals surface area contributed by atoms with Crippen LogP contribution in [0.1, 0.15) is 43.7 Å². The van der Waals surface area contributed by atoms with Crippen LogP contribution in [0.3, 0.4) is 0 Å². The number of hydrogen-bond acceptors (Lipinski definition) is 4. The van der Waals surface area contributed by atoms with Crippen LogP contribution >= 0.6 is 0 Å². The summed E-state index contributed by atoms with van der Waals surface area (Å²) in [5, 5.41) is 0. The maximum absolute atomic E-state index is 12.8. The number of piperidine rings is 1. The summed E-state index contributed by atoms with van der Waals surface area (Å²) < 4.78 is 5.75. The molecule has 0 aromatic heterocycles. The van der Waals surface area contributed by atoms with Crippen LogP contribution < -0.4 is 0 Å². The van der Waals surface area contributed by atoms with E-state index in [1.807, 2.05) is 41.3 Å². The average Bonchev–Trinajstić information content (AvgIpc) is 3.04. The Labute approximate surface area is 178 Å². The molecule has 2 unspecified atom stereocenters. The molecule has 0 radical (unpaired) electrons. The van der Waals surface area contributed by atoms with Gasteiger partial charge in [-0.05, 0) is 30.9 Å². The van der Waals surface area contributed by atoms with Gasteiger partial charge in [-0.1, -0.05) is 60.7 Å². The van der Waals surface area contributed by atoms with E-state index in [4.69, 9.17) is 4.74 Å². The molecule has 0 N–H and O–H groups in total. The Hall–Kier alpha value is -2.66. The van der Waals surface area contributed by atoms with Crippen molar-refractivity contribution in [3.8, 4) is 0 Å². The third-order valence-corrected chi connectivity index (χ3v) is 6.29. The Balaban J connectivity index is 1.39. The van der Waals surface area contributed by atoms with Crippen LogP contribution in [0.4, 0.5) is 4.79 Å². The van der Waals surface area contributed by atoms with Crippen LogP contribution in [0.5, 0.6) is 0 Å². The molecule has 0 aliphatic carbocycles. The summed E-state index contributed by atoms with van der Waals surface area (Å²) in [5.41, 5.74) is 2.47. The second-order valence-corrected chi connectivity index (χ2v) is 8.54. The number of ketones is 1. The summed E-state index contributed by atoms with van der Waals surface area (Å²) in [6, 6.07) is 20.9. The minimum absolute atomic E-state index is 0.0313. The Morgan fingerprint density at radius 3 is 1.97 bits per heavy atom. The fraction of sp³-hybridized carbons (Fsp3) is 0.440. The lowest BCUT2D eigenvalue weighted by Gasteiger charge is -2.34. The lowest BCUT2D eigenvalue weighted by molar-refractivity contribution is -0.123. The summed E-state index contributed by atoms with van der Waals surface area (Å²) in [4.78, 5) is 28.8. The SMILES string of the molecule is CC(COC(=O)N1C2CC[C@H]1CC(=O)C2)N(Cc1ccccc1)Cc1ccccc1. The Kier molecular flexibility index (Phi) is 6.48. The zero-order chi connectivity index (χ0) is 20.9. The molecule has 3 atom stereocenters. The number of amides is 1. The van der Waals surface area contributed by atoms with Gasteiger partial charge in [0.2, 0.25) is 0 Å². The number of ether oxygens (including phenoxy) is 1. The number of carbonyl (C=O) groups excluding carboxylic acids is 2. The molecular weight excluding hydrogens is 376 g/mol. The predicted octanol–water partition coefficient (Wildman–Crippen LogP) is 4.41. The summed E-state index contributed by atoms with van der Waals surface area (Å²) in [6.07, 6.45) is 2.52. The van der Waals surface area contributed by atoms with Gasteiger partial charge < -0.3 is 9.64 Å². The van der Waals surface area contributed by atoms with Gasteiger partial charge in [-0.15, -0.1) is 0 Å². The molecule has 2 saturated heterocycles. The van der Waals surface area contributed by atoms with Crippen LogP contribution in [0.25, 0.3) is 0 Å². The van der Waals surface area contributed by atoms with E-state index < -0.39 is 0 Å². The van der Waals surface area contributed by atoms with Gasteiger partial charge in [0.05, 0.1) is 0 Å². The summed E-state index contributed by atoms with van der Waals surface area (Å²) in [7, 11) is 0. The lowest BCUT2D eigenvalue weighted by atomic mass is 10.0. The second-order valence-electron chi connectivity index (χ2n) is 8.54. The molecule has 2 aromatic rings. The van der Waals surface area contributed by atoms with E-state index >= 15 is 0 Å². The number of carbonyl (C=O) groups is 2. The van der Waals surface area contributed by atoms with Crippen LogP contribution in [-0.4, -0.2) is 46.4 Å². The fourth-order valence-electron chi connectivity index (χ4n) is 4.64. The van der Waals surface area contributed by atoms with E-state index in [-0.39, 0.29) is 30.0 Å². The predicted molar refractivity (Wildman–Crippen MR) is 116 cm³/mol. The van der Waals surface area contributed by atoms with Crippen LogP contribution in [0, 0.1) is 0 Å². The number of benzene rings is 2. The number of Topliss-reactive ketones (excluding diaryl/α,β-unsaturated/α-hetero) is 1. The molecule has 2 bridgehead atoms. The number of fused-ring (bicyclic) bond motifs is 2. The van der Waals surface area contributed by atoms with E-state index in [1.165, 1.54) is 11.1 Å². The summed E-state index contributed by atoms with van der Waals surface area (Å²) >= 11 is 0. The zero-order valence-electron chi connectivity index (χ0n) is 17.6. The van der Waals surface area contributed by atoms with Gasteiger partial charge in [0.25, 0.3) is 0 Å². The zero-order valence-corrected chi connectivity index (χ0v) is 17.6. The molecule has 5 heteroatoms. The quantitative estimate of drug-likeness (QED) is 0.683. The molecule has 0 spiro atoms. The summed E-state index contributed by atoms with van der Waals surface area (Å²) in [5.74, 6) is 0.275. The maximum atomic E-state index is 12.8. The van der Waals surface area contributed by atoms with Crippen molar-refractivity contribution in [2.75, 3.05) is 6.61 Å². The molecule has 0 saturated carbocycles. The van der Waals surface area contributed by atoms with Crippen molar-refractivity contribution in [1.29, 1.82) is 0 Å². The highest BCUT2D eigenvalue weighted by Crippen LogP contribution is 2.34. The molecule has 2 aromatic carbocycles. The monoisotopic (exact) mass is 406 g/mol. The van der Waals surface area contributed by atoms with Crippen molar-refractivity contribution < 1.29 is 14.3 Å². The van der Waals surface area contributed by atoms with Crippen molar-refractivity contribution in [3.05, 3.63) is 71.8 Å². The normalized spacial score (nSPS) is 21.7. The number of nitrogens with zero attached hydrogens (tertiary/aromatic N) is 2. The third-order valence-electron chi connectivity index (χ3n) is 6.29. The Morgan fingerprint density at radius 1 is 0.967 bits per heavy atom. The highest BCUT2D eigenvalue weighted by Gasteiger charge is 2.43. The topological polar surface area (TPSA) is 49.9 Å². The lowest BCUT2D eigenvalue weighted by Crippen LogP contribution is -2.48. The molecule has 5 nitrogen and oxygen atoms in total. The van der Waals surface area contributed by atoms with Gasteiger partial charge in [0, 0.05) is 44.1 Å². The van der Waals surface area contributed by atoms with Crippen molar-refractivity contribution in [2.45, 2.75) is 63.8 Å². The molecule has 2 aliphatic heterocycles. The van der Waals surface area contributed by atoms with E-state index in [1.54, 1.807) is 0 Å². The molecule has 4 rings (SSSR count). The minimum atomic E-state index is -0.263. The largest absolute Gasteiger partial charge is 0.448 e. The first-order valence-corrected chi connectivity index (χ1v) is 10.9. The van der Waals surface area contributed by atoms with Crippen molar-refractivity contribution in [2.24, 2.45) is 0 Å². The third kappa shape index (κ3) is 4.90. The van der Waals surface area contributed by atoms with E-state index in [0.29, 0.717) is 19.4 Å². The first-order valence-electron chi connectivity index (χ1n) is 10.9. The molecule has 2 aliphatic rings. The van der Waals surface area contributed by atoms with Crippen LogP contribution in [-0.2, 0) is 22.6 Å². The van der Waals surface area contributed by atoms with Gasteiger partial charge in [-0.25, -0.2) is 4.79 Å². The maximum Gasteiger partial charge on any atom is 0.410 e. The average molecular weight is 407 g/mol. The van der Waals surface area contributed by atoms with E-state index in [0.717, 1.165) is 25.9 Å². The molecule has 2 fully saturated rings. The smallest absolute Gasteiger partial charge is 0.410 e. The Morgan fingerprint density at radius 2 is 1.47 bits per heavy atom. The second kappa shape index (κ2) is 9.43.